The Labute approximate surface area is 167 Å². The summed E-state index contributed by atoms with van der Waals surface area (Å²) in [5.74, 6) is -1.05. The van der Waals surface area contributed by atoms with E-state index in [1.165, 1.54) is 12.1 Å². The Balaban J connectivity index is 1.89. The van der Waals surface area contributed by atoms with Crippen molar-refractivity contribution >= 4 is 57.9 Å². The second kappa shape index (κ2) is 7.59. The largest absolute Gasteiger partial charge is 0.502 e. The predicted octanol–water partition coefficient (Wildman–Crippen LogP) is 4.84. The van der Waals surface area contributed by atoms with Gasteiger partial charge in [0.05, 0.1) is 16.4 Å². The highest BCUT2D eigenvalue weighted by Crippen LogP contribution is 2.36. The first-order valence-corrected chi connectivity index (χ1v) is 9.01. The molecular formula is C17H10Cl2N2O5S. The van der Waals surface area contributed by atoms with Crippen molar-refractivity contribution in [3.63, 3.8) is 0 Å². The fourth-order valence-electron chi connectivity index (χ4n) is 2.41. The highest BCUT2D eigenvalue weighted by Gasteiger charge is 2.35. The number of phenolic OH excluding ortho intramolecular Hbond substituents is 1. The number of rotatable bonds is 4. The van der Waals surface area contributed by atoms with E-state index >= 15 is 0 Å². The highest BCUT2D eigenvalue weighted by molar-refractivity contribution is 8.18. The lowest BCUT2D eigenvalue weighted by Crippen LogP contribution is -2.27. The van der Waals surface area contributed by atoms with E-state index < -0.39 is 27.5 Å². The van der Waals surface area contributed by atoms with Crippen molar-refractivity contribution in [3.05, 3.63) is 72.6 Å². The number of phenols is 1. The molecule has 0 spiro atoms. The molecule has 0 radical (unpaired) electrons. The topological polar surface area (TPSA) is 101 Å². The fourth-order valence-corrected chi connectivity index (χ4v) is 3.76. The number of nitro benzene ring substituents is 1. The number of amides is 2. The number of benzene rings is 2. The van der Waals surface area contributed by atoms with E-state index in [1.54, 1.807) is 18.2 Å². The van der Waals surface area contributed by atoms with Crippen LogP contribution < -0.4 is 0 Å². The molecule has 1 aliphatic rings. The van der Waals surface area contributed by atoms with E-state index in [4.69, 9.17) is 23.2 Å². The quantitative estimate of drug-likeness (QED) is 0.427. The Morgan fingerprint density at radius 2 is 1.85 bits per heavy atom. The van der Waals surface area contributed by atoms with Crippen molar-refractivity contribution < 1.29 is 19.6 Å². The predicted molar refractivity (Wildman–Crippen MR) is 103 cm³/mol. The zero-order chi connectivity index (χ0) is 19.7. The molecule has 0 aromatic heterocycles. The standard InChI is InChI=1S/C17H10Cl2N2O5S/c18-11-2-1-3-12(19)10(11)8-20-16(23)15(27-17(20)24)7-9-4-5-14(22)13(6-9)21(25)26/h1-7,22H,8H2/b15-7-. The number of nitro groups is 1. The van der Waals surface area contributed by atoms with Gasteiger partial charge in [-0.25, -0.2) is 0 Å². The molecule has 0 atom stereocenters. The van der Waals surface area contributed by atoms with Crippen LogP contribution in [0.1, 0.15) is 11.1 Å². The Morgan fingerprint density at radius 3 is 2.48 bits per heavy atom. The molecule has 10 heteroatoms. The van der Waals surface area contributed by atoms with E-state index in [0.29, 0.717) is 32.9 Å². The second-order valence-electron chi connectivity index (χ2n) is 5.47. The molecule has 138 valence electrons. The van der Waals surface area contributed by atoms with Crippen molar-refractivity contribution in [2.75, 3.05) is 0 Å². The molecule has 7 nitrogen and oxygen atoms in total. The van der Waals surface area contributed by atoms with Gasteiger partial charge in [-0.3, -0.25) is 24.6 Å². The Hall–Kier alpha value is -2.55. The van der Waals surface area contributed by atoms with Crippen LogP contribution in [0.25, 0.3) is 6.08 Å². The monoisotopic (exact) mass is 424 g/mol. The van der Waals surface area contributed by atoms with E-state index in [-0.39, 0.29) is 11.4 Å². The van der Waals surface area contributed by atoms with Gasteiger partial charge in [-0.05, 0) is 41.6 Å². The summed E-state index contributed by atoms with van der Waals surface area (Å²) in [6.45, 7) is -0.0871. The van der Waals surface area contributed by atoms with Crippen LogP contribution in [0.5, 0.6) is 5.75 Å². The van der Waals surface area contributed by atoms with Crippen LogP contribution in [0, 0.1) is 10.1 Å². The molecule has 3 rings (SSSR count). The van der Waals surface area contributed by atoms with Gasteiger partial charge in [0.1, 0.15) is 0 Å². The Bertz CT molecular complexity index is 989. The van der Waals surface area contributed by atoms with Gasteiger partial charge in [-0.15, -0.1) is 0 Å². The maximum atomic E-state index is 12.6. The second-order valence-corrected chi connectivity index (χ2v) is 7.28. The molecule has 2 aromatic rings. The number of imide groups is 1. The van der Waals surface area contributed by atoms with Crippen molar-refractivity contribution in [3.8, 4) is 5.75 Å². The number of nitrogens with zero attached hydrogens (tertiary/aromatic N) is 2. The maximum absolute atomic E-state index is 12.6. The van der Waals surface area contributed by atoms with Gasteiger partial charge in [0.25, 0.3) is 11.1 Å². The van der Waals surface area contributed by atoms with Gasteiger partial charge in [0.15, 0.2) is 5.75 Å². The smallest absolute Gasteiger partial charge is 0.311 e. The normalized spacial score (nSPS) is 15.6. The van der Waals surface area contributed by atoms with E-state index in [1.807, 2.05) is 0 Å². The van der Waals surface area contributed by atoms with Crippen LogP contribution in [-0.4, -0.2) is 26.1 Å². The van der Waals surface area contributed by atoms with Crippen LogP contribution in [0.2, 0.25) is 10.0 Å². The molecule has 1 saturated heterocycles. The third-order valence-electron chi connectivity index (χ3n) is 3.75. The van der Waals surface area contributed by atoms with Gasteiger partial charge in [-0.1, -0.05) is 35.3 Å². The lowest BCUT2D eigenvalue weighted by molar-refractivity contribution is -0.385. The van der Waals surface area contributed by atoms with Gasteiger partial charge in [-0.2, -0.15) is 0 Å². The molecule has 0 unspecified atom stereocenters. The fraction of sp³-hybridized carbons (Fsp3) is 0.0588. The van der Waals surface area contributed by atoms with Crippen molar-refractivity contribution in [1.29, 1.82) is 0 Å². The highest BCUT2D eigenvalue weighted by atomic mass is 35.5. The molecular weight excluding hydrogens is 415 g/mol. The van der Waals surface area contributed by atoms with Crippen LogP contribution in [0.4, 0.5) is 10.5 Å². The lowest BCUT2D eigenvalue weighted by Gasteiger charge is -2.14. The zero-order valence-electron chi connectivity index (χ0n) is 13.4. The first-order valence-electron chi connectivity index (χ1n) is 7.43. The van der Waals surface area contributed by atoms with E-state index in [2.05, 4.69) is 0 Å². The molecule has 1 N–H and O–H groups in total. The SMILES string of the molecule is O=C1S/C(=C\c2ccc(O)c([N+](=O)[O-])c2)C(=O)N1Cc1c(Cl)cccc1Cl. The minimum atomic E-state index is -0.738. The number of aromatic hydroxyl groups is 1. The summed E-state index contributed by atoms with van der Waals surface area (Å²) < 4.78 is 0. The van der Waals surface area contributed by atoms with Gasteiger partial charge in [0, 0.05) is 21.7 Å². The molecule has 2 amide bonds. The number of hydrogen-bond acceptors (Lipinski definition) is 6. The van der Waals surface area contributed by atoms with Crippen LogP contribution in [-0.2, 0) is 11.3 Å². The summed E-state index contributed by atoms with van der Waals surface area (Å²) in [5.41, 5.74) is 0.260. The molecule has 0 bridgehead atoms. The average Bonchev–Trinajstić information content (AvgIpc) is 2.86. The van der Waals surface area contributed by atoms with Gasteiger partial charge < -0.3 is 5.11 Å². The third-order valence-corrected chi connectivity index (χ3v) is 5.36. The number of thioether (sulfide) groups is 1. The van der Waals surface area contributed by atoms with Gasteiger partial charge >= 0.3 is 5.69 Å². The van der Waals surface area contributed by atoms with Crippen molar-refractivity contribution in [1.82, 2.24) is 4.90 Å². The Morgan fingerprint density at radius 1 is 1.19 bits per heavy atom. The zero-order valence-corrected chi connectivity index (χ0v) is 15.7. The molecule has 0 aliphatic carbocycles. The van der Waals surface area contributed by atoms with Crippen LogP contribution >= 0.6 is 35.0 Å². The molecule has 1 aliphatic heterocycles. The number of hydrogen-bond donors (Lipinski definition) is 1. The van der Waals surface area contributed by atoms with Crippen molar-refractivity contribution in [2.45, 2.75) is 6.54 Å². The summed E-state index contributed by atoms with van der Waals surface area (Å²) in [6, 6.07) is 8.54. The first-order chi connectivity index (χ1) is 12.8. The number of carbonyl (C=O) groups is 2. The third kappa shape index (κ3) is 3.92. The molecule has 1 fully saturated rings. The van der Waals surface area contributed by atoms with Gasteiger partial charge in [0.2, 0.25) is 0 Å². The first kappa shape index (κ1) is 19.2. The molecule has 2 aromatic carbocycles. The Kier molecular flexibility index (Phi) is 5.41. The summed E-state index contributed by atoms with van der Waals surface area (Å²) in [4.78, 5) is 36.1. The summed E-state index contributed by atoms with van der Waals surface area (Å²) in [5, 5.41) is 20.6. The minimum absolute atomic E-state index is 0.0871. The number of halogens is 2. The van der Waals surface area contributed by atoms with Crippen LogP contribution in [0.15, 0.2) is 41.3 Å². The molecule has 0 saturated carbocycles. The number of carbonyl (C=O) groups excluding carboxylic acids is 2. The van der Waals surface area contributed by atoms with Crippen LogP contribution in [0.3, 0.4) is 0 Å². The maximum Gasteiger partial charge on any atom is 0.311 e. The summed E-state index contributed by atoms with van der Waals surface area (Å²) in [6.07, 6.45) is 1.35. The average molecular weight is 425 g/mol. The minimum Gasteiger partial charge on any atom is -0.502 e. The molecule has 1 heterocycles. The molecule has 27 heavy (non-hydrogen) atoms. The van der Waals surface area contributed by atoms with E-state index in [9.17, 15) is 24.8 Å². The van der Waals surface area contributed by atoms with E-state index in [0.717, 1.165) is 17.0 Å². The summed E-state index contributed by atoms with van der Waals surface area (Å²) >= 11 is 12.9. The lowest BCUT2D eigenvalue weighted by atomic mass is 10.1. The summed E-state index contributed by atoms with van der Waals surface area (Å²) in [7, 11) is 0. The van der Waals surface area contributed by atoms with Crippen molar-refractivity contribution in [2.24, 2.45) is 0 Å².